The van der Waals surface area contributed by atoms with Crippen LogP contribution in [0.4, 0.5) is 0 Å². The molecule has 1 heterocycles. The van der Waals surface area contributed by atoms with Gasteiger partial charge in [-0.05, 0) is 67.6 Å². The Morgan fingerprint density at radius 3 is 2.22 bits per heavy atom. The first-order valence-corrected chi connectivity index (χ1v) is 8.70. The molecular weight excluding hydrogens is 336 g/mol. The van der Waals surface area contributed by atoms with Gasteiger partial charge in [-0.15, -0.1) is 0 Å². The van der Waals surface area contributed by atoms with Gasteiger partial charge in [0.1, 0.15) is 17.1 Å². The van der Waals surface area contributed by atoms with Crippen LogP contribution in [-0.4, -0.2) is 10.7 Å². The molecule has 0 saturated heterocycles. The van der Waals surface area contributed by atoms with Crippen LogP contribution in [0.25, 0.3) is 21.8 Å². The molecular formula is C23H20N2O2. The summed E-state index contributed by atoms with van der Waals surface area (Å²) in [7, 11) is 0. The topological polar surface area (TPSA) is 38.2 Å². The lowest BCUT2D eigenvalue weighted by Gasteiger charge is -2.32. The third-order valence-corrected chi connectivity index (χ3v) is 4.47. The van der Waals surface area contributed by atoms with Gasteiger partial charge in [0.25, 0.3) is 0 Å². The molecule has 0 unspecified atom stereocenters. The van der Waals surface area contributed by atoms with Crippen molar-refractivity contribution in [2.75, 3.05) is 0 Å². The zero-order valence-electron chi connectivity index (χ0n) is 15.4. The minimum Gasteiger partial charge on any atom is -0.508 e. The minimum absolute atomic E-state index is 0.157. The Kier molecular flexibility index (Phi) is 5.01. The number of ether oxygens (including phenoxy) is 1. The highest BCUT2D eigenvalue weighted by atomic mass is 16.5. The SMILES string of the molecule is [C-]#[N+]C(=C/c1ccc(O)cc1)/C(=C\c1ccc2c(c1)CCC(C)(C)O2)[N+]#[C-]. The van der Waals surface area contributed by atoms with Gasteiger partial charge < -0.3 is 9.84 Å². The number of aromatic hydroxyl groups is 1. The van der Waals surface area contributed by atoms with Crippen molar-refractivity contribution in [2.45, 2.75) is 32.3 Å². The molecule has 4 nitrogen and oxygen atoms in total. The standard InChI is InChI=1S/C23H20N2O2/c1-23(2)12-11-18-13-17(7-10-22(18)27-23)15-21(25-4)20(24-3)14-16-5-8-19(26)9-6-16/h5-10,13-15,26H,11-12H2,1-2H3/b20-14+,21-15+. The van der Waals surface area contributed by atoms with Gasteiger partial charge in [0, 0.05) is 0 Å². The van der Waals surface area contributed by atoms with Gasteiger partial charge in [-0.1, -0.05) is 30.4 Å². The van der Waals surface area contributed by atoms with E-state index in [0.29, 0.717) is 0 Å². The molecule has 0 aromatic heterocycles. The quantitative estimate of drug-likeness (QED) is 0.564. The van der Waals surface area contributed by atoms with Crippen LogP contribution in [0.3, 0.4) is 0 Å². The molecule has 0 saturated carbocycles. The number of phenolic OH excluding ortho intramolecular Hbond substituents is 1. The van der Waals surface area contributed by atoms with Crippen LogP contribution < -0.4 is 4.74 Å². The summed E-state index contributed by atoms with van der Waals surface area (Å²) in [5.41, 5.74) is 3.16. The molecule has 1 aliphatic heterocycles. The number of aryl methyl sites for hydroxylation is 1. The molecule has 0 radical (unpaired) electrons. The molecule has 0 atom stereocenters. The lowest BCUT2D eigenvalue weighted by molar-refractivity contribution is 0.0847. The fourth-order valence-corrected chi connectivity index (χ4v) is 2.98. The molecule has 0 fully saturated rings. The molecule has 1 N–H and O–H groups in total. The largest absolute Gasteiger partial charge is 0.508 e. The lowest BCUT2D eigenvalue weighted by Crippen LogP contribution is -2.32. The Morgan fingerprint density at radius 1 is 1.00 bits per heavy atom. The number of nitrogens with zero attached hydrogens (tertiary/aromatic N) is 2. The summed E-state index contributed by atoms with van der Waals surface area (Å²) < 4.78 is 6.00. The highest BCUT2D eigenvalue weighted by molar-refractivity contribution is 5.70. The molecule has 1 aliphatic rings. The number of benzene rings is 2. The monoisotopic (exact) mass is 356 g/mol. The zero-order valence-corrected chi connectivity index (χ0v) is 15.4. The Balaban J connectivity index is 1.93. The third-order valence-electron chi connectivity index (χ3n) is 4.47. The van der Waals surface area contributed by atoms with E-state index in [4.69, 9.17) is 17.9 Å². The second-order valence-electron chi connectivity index (χ2n) is 7.10. The van der Waals surface area contributed by atoms with Crippen molar-refractivity contribution in [3.8, 4) is 11.5 Å². The van der Waals surface area contributed by atoms with E-state index in [9.17, 15) is 5.11 Å². The maximum absolute atomic E-state index is 9.38. The second kappa shape index (κ2) is 7.40. The van der Waals surface area contributed by atoms with E-state index in [0.717, 1.165) is 35.3 Å². The Hall–Kier alpha value is -3.50. The average Bonchev–Trinajstić information content (AvgIpc) is 2.65. The Labute approximate surface area is 159 Å². The van der Waals surface area contributed by atoms with Gasteiger partial charge in [-0.3, -0.25) is 9.69 Å². The van der Waals surface area contributed by atoms with E-state index in [-0.39, 0.29) is 22.7 Å². The maximum atomic E-state index is 9.38. The van der Waals surface area contributed by atoms with Gasteiger partial charge in [-0.2, -0.15) is 0 Å². The van der Waals surface area contributed by atoms with E-state index in [2.05, 4.69) is 23.5 Å². The van der Waals surface area contributed by atoms with Crippen LogP contribution in [0.2, 0.25) is 0 Å². The summed E-state index contributed by atoms with van der Waals surface area (Å²) in [6.07, 6.45) is 5.25. The smallest absolute Gasteiger partial charge is 0.195 e. The molecule has 27 heavy (non-hydrogen) atoms. The summed E-state index contributed by atoms with van der Waals surface area (Å²) >= 11 is 0. The van der Waals surface area contributed by atoms with E-state index < -0.39 is 0 Å². The van der Waals surface area contributed by atoms with Crippen molar-refractivity contribution in [2.24, 2.45) is 0 Å². The van der Waals surface area contributed by atoms with E-state index >= 15 is 0 Å². The van der Waals surface area contributed by atoms with Crippen molar-refractivity contribution >= 4 is 12.2 Å². The normalized spacial score (nSPS) is 15.9. The molecule has 2 aromatic rings. The van der Waals surface area contributed by atoms with Crippen molar-refractivity contribution < 1.29 is 9.84 Å². The molecule has 2 aromatic carbocycles. The van der Waals surface area contributed by atoms with Crippen molar-refractivity contribution in [3.05, 3.63) is 93.4 Å². The first-order chi connectivity index (χ1) is 12.9. The summed E-state index contributed by atoms with van der Waals surface area (Å²) in [4.78, 5) is 7.07. The number of hydrogen-bond donors (Lipinski definition) is 1. The van der Waals surface area contributed by atoms with E-state index in [1.807, 2.05) is 18.2 Å². The lowest BCUT2D eigenvalue weighted by atomic mass is 9.93. The molecule has 0 aliphatic carbocycles. The fraction of sp³-hybridized carbons (Fsp3) is 0.217. The van der Waals surface area contributed by atoms with Gasteiger partial charge >= 0.3 is 0 Å². The first-order valence-electron chi connectivity index (χ1n) is 8.70. The minimum atomic E-state index is -0.157. The predicted molar refractivity (Wildman–Crippen MR) is 107 cm³/mol. The van der Waals surface area contributed by atoms with Crippen LogP contribution >= 0.6 is 0 Å². The zero-order chi connectivity index (χ0) is 19.4. The molecule has 134 valence electrons. The van der Waals surface area contributed by atoms with Crippen LogP contribution in [0.5, 0.6) is 11.5 Å². The highest BCUT2D eigenvalue weighted by Crippen LogP contribution is 2.34. The van der Waals surface area contributed by atoms with E-state index in [1.165, 1.54) is 0 Å². The Morgan fingerprint density at radius 2 is 1.59 bits per heavy atom. The fourth-order valence-electron chi connectivity index (χ4n) is 2.98. The third kappa shape index (κ3) is 4.37. The Bertz CT molecular complexity index is 1000. The number of phenols is 1. The summed E-state index contributed by atoms with van der Waals surface area (Å²) in [6, 6.07) is 12.4. The summed E-state index contributed by atoms with van der Waals surface area (Å²) in [5, 5.41) is 9.38. The number of rotatable bonds is 3. The number of fused-ring (bicyclic) bond motifs is 1. The molecule has 3 rings (SSSR count). The van der Waals surface area contributed by atoms with Crippen LogP contribution in [0.1, 0.15) is 37.0 Å². The molecule has 4 heteroatoms. The van der Waals surface area contributed by atoms with Gasteiger partial charge in [0.15, 0.2) is 11.4 Å². The van der Waals surface area contributed by atoms with Gasteiger partial charge in [0.05, 0.1) is 13.1 Å². The van der Waals surface area contributed by atoms with E-state index in [1.54, 1.807) is 36.4 Å². The van der Waals surface area contributed by atoms with Crippen LogP contribution in [0, 0.1) is 13.1 Å². The van der Waals surface area contributed by atoms with Crippen molar-refractivity contribution in [1.82, 2.24) is 0 Å². The highest BCUT2D eigenvalue weighted by Gasteiger charge is 2.26. The molecule has 0 amide bonds. The number of hydrogen-bond acceptors (Lipinski definition) is 2. The predicted octanol–water partition coefficient (Wildman–Crippen LogP) is 5.72. The second-order valence-corrected chi connectivity index (χ2v) is 7.10. The van der Waals surface area contributed by atoms with Crippen molar-refractivity contribution in [3.63, 3.8) is 0 Å². The van der Waals surface area contributed by atoms with Crippen molar-refractivity contribution in [1.29, 1.82) is 0 Å². The molecule has 0 bridgehead atoms. The first kappa shape index (κ1) is 18.3. The summed E-state index contributed by atoms with van der Waals surface area (Å²) in [6.45, 7) is 19.1. The summed E-state index contributed by atoms with van der Waals surface area (Å²) in [5.74, 6) is 1.05. The molecule has 0 spiro atoms. The van der Waals surface area contributed by atoms with Crippen LogP contribution in [-0.2, 0) is 6.42 Å². The van der Waals surface area contributed by atoms with Gasteiger partial charge in [0.2, 0.25) is 0 Å². The van der Waals surface area contributed by atoms with Gasteiger partial charge in [-0.25, -0.2) is 0 Å². The maximum Gasteiger partial charge on any atom is 0.195 e. The average molecular weight is 356 g/mol. The van der Waals surface area contributed by atoms with Crippen LogP contribution in [0.15, 0.2) is 53.9 Å².